The van der Waals surface area contributed by atoms with Gasteiger partial charge in [0.25, 0.3) is 5.91 Å². The number of amides is 1. The minimum atomic E-state index is -0.0156. The zero-order chi connectivity index (χ0) is 16.8. The molecule has 1 aliphatic rings. The minimum Gasteiger partial charge on any atom is -0.381 e. The highest BCUT2D eigenvalue weighted by atomic mass is 35.5. The van der Waals surface area contributed by atoms with E-state index >= 15 is 0 Å². The van der Waals surface area contributed by atoms with Gasteiger partial charge in [-0.1, -0.05) is 11.6 Å². The molecule has 1 atom stereocenters. The minimum absolute atomic E-state index is 0.0156. The van der Waals surface area contributed by atoms with E-state index < -0.39 is 0 Å². The van der Waals surface area contributed by atoms with Crippen molar-refractivity contribution in [2.45, 2.75) is 6.04 Å². The summed E-state index contributed by atoms with van der Waals surface area (Å²) in [6, 6.07) is 7.80. The molecule has 0 radical (unpaired) electrons. The molecular formula is C17H17ClN4OS. The van der Waals surface area contributed by atoms with E-state index in [1.54, 1.807) is 6.07 Å². The van der Waals surface area contributed by atoms with Crippen molar-refractivity contribution in [3.63, 3.8) is 0 Å². The number of carbonyl (C=O) groups excluding carboxylic acids is 1. The summed E-state index contributed by atoms with van der Waals surface area (Å²) in [5.41, 5.74) is 1.75. The molecule has 2 aromatic heterocycles. The Morgan fingerprint density at radius 3 is 2.96 bits per heavy atom. The SMILES string of the molecule is CN(C)C[C@@H]1CNc2c(sc3ccc4nc(Cl)ccc4c23)C(=O)N1. The van der Waals surface area contributed by atoms with Gasteiger partial charge >= 0.3 is 0 Å². The number of aromatic nitrogens is 1. The molecule has 0 spiro atoms. The lowest BCUT2D eigenvalue weighted by molar-refractivity contribution is 0.0940. The summed E-state index contributed by atoms with van der Waals surface area (Å²) in [5, 5.41) is 9.14. The van der Waals surface area contributed by atoms with Crippen molar-refractivity contribution in [1.82, 2.24) is 15.2 Å². The zero-order valence-electron chi connectivity index (χ0n) is 13.4. The smallest absolute Gasteiger partial charge is 0.263 e. The number of nitrogens with one attached hydrogen (secondary N) is 2. The maximum absolute atomic E-state index is 12.7. The Bertz CT molecular complexity index is 953. The van der Waals surface area contributed by atoms with Crippen LogP contribution in [-0.4, -0.2) is 49.0 Å². The van der Waals surface area contributed by atoms with Gasteiger partial charge in [0.1, 0.15) is 10.0 Å². The highest BCUT2D eigenvalue weighted by molar-refractivity contribution is 7.21. The number of fused-ring (bicyclic) bond motifs is 5. The van der Waals surface area contributed by atoms with Gasteiger partial charge in [-0.25, -0.2) is 4.98 Å². The van der Waals surface area contributed by atoms with E-state index in [1.165, 1.54) is 11.3 Å². The van der Waals surface area contributed by atoms with Crippen LogP contribution in [0.5, 0.6) is 0 Å². The Morgan fingerprint density at radius 1 is 1.33 bits per heavy atom. The van der Waals surface area contributed by atoms with Gasteiger partial charge in [0, 0.05) is 28.6 Å². The van der Waals surface area contributed by atoms with Gasteiger partial charge in [-0.05, 0) is 38.4 Å². The Hall–Kier alpha value is -1.89. The van der Waals surface area contributed by atoms with Crippen molar-refractivity contribution >= 4 is 55.5 Å². The van der Waals surface area contributed by atoms with Crippen molar-refractivity contribution < 1.29 is 4.79 Å². The fourth-order valence-corrected chi connectivity index (χ4v) is 4.44. The van der Waals surface area contributed by atoms with Crippen LogP contribution in [-0.2, 0) is 0 Å². The van der Waals surface area contributed by atoms with Gasteiger partial charge in [-0.3, -0.25) is 4.79 Å². The summed E-state index contributed by atoms with van der Waals surface area (Å²) in [5.74, 6) is -0.0156. The first-order chi connectivity index (χ1) is 11.5. The molecule has 3 aromatic rings. The topological polar surface area (TPSA) is 57.3 Å². The molecule has 0 saturated heterocycles. The van der Waals surface area contributed by atoms with Gasteiger partial charge in [0.15, 0.2) is 0 Å². The zero-order valence-corrected chi connectivity index (χ0v) is 15.0. The van der Waals surface area contributed by atoms with Crippen molar-refractivity contribution in [2.24, 2.45) is 0 Å². The fourth-order valence-electron chi connectivity index (χ4n) is 3.18. The van der Waals surface area contributed by atoms with Crippen molar-refractivity contribution in [3.05, 3.63) is 34.3 Å². The Kier molecular flexibility index (Phi) is 3.83. The second-order valence-corrected chi connectivity index (χ2v) is 7.70. The highest BCUT2D eigenvalue weighted by Crippen LogP contribution is 2.40. The maximum atomic E-state index is 12.7. The van der Waals surface area contributed by atoms with Gasteiger partial charge in [-0.15, -0.1) is 11.3 Å². The van der Waals surface area contributed by atoms with Gasteiger partial charge in [-0.2, -0.15) is 0 Å². The molecule has 1 amide bonds. The third-order valence-electron chi connectivity index (χ3n) is 4.14. The molecule has 0 bridgehead atoms. The second-order valence-electron chi connectivity index (χ2n) is 6.26. The summed E-state index contributed by atoms with van der Waals surface area (Å²) in [4.78, 5) is 19.9. The van der Waals surface area contributed by atoms with E-state index in [-0.39, 0.29) is 11.9 Å². The van der Waals surface area contributed by atoms with Crippen LogP contribution in [0.4, 0.5) is 5.69 Å². The quantitative estimate of drug-likeness (QED) is 0.689. The number of anilines is 1. The largest absolute Gasteiger partial charge is 0.381 e. The van der Waals surface area contributed by atoms with E-state index in [0.29, 0.717) is 11.7 Å². The number of pyridine rings is 1. The summed E-state index contributed by atoms with van der Waals surface area (Å²) in [6.45, 7) is 1.49. The first-order valence-corrected chi connectivity index (χ1v) is 8.93. The molecule has 0 aliphatic carbocycles. The predicted octanol–water partition coefficient (Wildman–Crippen LogP) is 3.19. The number of thiophene rings is 1. The molecular weight excluding hydrogens is 344 g/mol. The predicted molar refractivity (Wildman–Crippen MR) is 100 cm³/mol. The monoisotopic (exact) mass is 360 g/mol. The second kappa shape index (κ2) is 5.88. The van der Waals surface area contributed by atoms with Crippen molar-refractivity contribution in [1.29, 1.82) is 0 Å². The highest BCUT2D eigenvalue weighted by Gasteiger charge is 2.26. The van der Waals surface area contributed by atoms with Gasteiger partial charge in [0.05, 0.1) is 17.2 Å². The van der Waals surface area contributed by atoms with Gasteiger partial charge < -0.3 is 15.5 Å². The van der Waals surface area contributed by atoms with Crippen LogP contribution in [0.2, 0.25) is 5.15 Å². The van der Waals surface area contributed by atoms with Crippen LogP contribution in [0.25, 0.3) is 21.0 Å². The van der Waals surface area contributed by atoms with Gasteiger partial charge in [0.2, 0.25) is 0 Å². The lowest BCUT2D eigenvalue weighted by Gasteiger charge is -2.20. The van der Waals surface area contributed by atoms with Crippen LogP contribution in [0.15, 0.2) is 24.3 Å². The number of carbonyl (C=O) groups is 1. The lowest BCUT2D eigenvalue weighted by Crippen LogP contribution is -2.43. The molecule has 0 saturated carbocycles. The number of halogens is 1. The molecule has 2 N–H and O–H groups in total. The lowest BCUT2D eigenvalue weighted by atomic mass is 10.1. The fraction of sp³-hybridized carbons (Fsp3) is 0.294. The third-order valence-corrected chi connectivity index (χ3v) is 5.50. The molecule has 124 valence electrons. The van der Waals surface area contributed by atoms with Crippen LogP contribution in [0, 0.1) is 0 Å². The van der Waals surface area contributed by atoms with E-state index in [4.69, 9.17) is 11.6 Å². The summed E-state index contributed by atoms with van der Waals surface area (Å²) in [7, 11) is 4.01. The van der Waals surface area contributed by atoms with Crippen LogP contribution in [0.3, 0.4) is 0 Å². The van der Waals surface area contributed by atoms with Crippen molar-refractivity contribution in [3.8, 4) is 0 Å². The number of likely N-dealkylation sites (N-methyl/N-ethyl adjacent to an activating group) is 1. The molecule has 24 heavy (non-hydrogen) atoms. The number of benzene rings is 1. The summed E-state index contributed by atoms with van der Waals surface area (Å²) in [6.07, 6.45) is 0. The maximum Gasteiger partial charge on any atom is 0.263 e. The van der Waals surface area contributed by atoms with Crippen LogP contribution < -0.4 is 10.6 Å². The first-order valence-electron chi connectivity index (χ1n) is 7.74. The summed E-state index contributed by atoms with van der Waals surface area (Å²) < 4.78 is 1.07. The Labute approximate surface area is 148 Å². The number of rotatable bonds is 2. The number of hydrogen-bond donors (Lipinski definition) is 2. The van der Waals surface area contributed by atoms with Crippen molar-refractivity contribution in [2.75, 3.05) is 32.5 Å². The molecule has 4 rings (SSSR count). The molecule has 5 nitrogen and oxygen atoms in total. The van der Waals surface area contributed by atoms with E-state index in [9.17, 15) is 4.79 Å². The average Bonchev–Trinajstić information content (AvgIpc) is 2.83. The molecule has 1 aromatic carbocycles. The van der Waals surface area contributed by atoms with Crippen LogP contribution in [0.1, 0.15) is 9.67 Å². The normalized spacial score (nSPS) is 17.7. The van der Waals surface area contributed by atoms with E-state index in [1.807, 2.05) is 32.3 Å². The van der Waals surface area contributed by atoms with E-state index in [2.05, 4.69) is 20.5 Å². The number of nitrogens with zero attached hydrogens (tertiary/aromatic N) is 2. The molecule has 3 heterocycles. The molecule has 1 aliphatic heterocycles. The first kappa shape index (κ1) is 15.6. The van der Waals surface area contributed by atoms with Crippen LogP contribution >= 0.6 is 22.9 Å². The molecule has 0 fully saturated rings. The third kappa shape index (κ3) is 2.60. The molecule has 0 unspecified atom stereocenters. The summed E-state index contributed by atoms with van der Waals surface area (Å²) >= 11 is 7.52. The Balaban J connectivity index is 1.86. The van der Waals surface area contributed by atoms with E-state index in [0.717, 1.165) is 38.1 Å². The molecule has 7 heteroatoms. The number of hydrogen-bond acceptors (Lipinski definition) is 5. The average molecular weight is 361 g/mol. The standard InChI is InChI=1S/C17H17ClN4OS/c1-22(2)8-9-7-19-15-14-10-3-6-13(18)21-11(10)4-5-12(14)24-16(15)17(23)20-9/h3-6,9,19H,7-8H2,1-2H3,(H,20,23)/t9-/m0/s1. The Morgan fingerprint density at radius 2 is 2.17 bits per heavy atom.